The van der Waals surface area contributed by atoms with Crippen LogP contribution in [0.4, 0.5) is 5.69 Å². The molecule has 0 aliphatic carbocycles. The summed E-state index contributed by atoms with van der Waals surface area (Å²) < 4.78 is 5.79. The van der Waals surface area contributed by atoms with Gasteiger partial charge in [-0.05, 0) is 67.8 Å². The molecule has 0 aliphatic heterocycles. The van der Waals surface area contributed by atoms with Gasteiger partial charge in [0.25, 0.3) is 0 Å². The van der Waals surface area contributed by atoms with Crippen LogP contribution in [0.5, 0.6) is 11.5 Å². The molecule has 2 aromatic carbocycles. The van der Waals surface area contributed by atoms with E-state index in [1.54, 1.807) is 24.3 Å². The third kappa shape index (κ3) is 5.43. The fraction of sp³-hybridized carbons (Fsp3) is 0.263. The van der Waals surface area contributed by atoms with Crippen molar-refractivity contribution in [1.29, 1.82) is 0 Å². The Balaban J connectivity index is 1.89. The Morgan fingerprint density at radius 3 is 2.25 bits per heavy atom. The van der Waals surface area contributed by atoms with E-state index in [4.69, 9.17) is 9.84 Å². The molecule has 0 heterocycles. The van der Waals surface area contributed by atoms with E-state index in [0.29, 0.717) is 17.9 Å². The molecule has 1 amide bonds. The van der Waals surface area contributed by atoms with Crippen molar-refractivity contribution in [2.75, 3.05) is 5.32 Å². The van der Waals surface area contributed by atoms with Crippen molar-refractivity contribution < 1.29 is 19.4 Å². The first-order chi connectivity index (χ1) is 11.4. The monoisotopic (exact) mass is 327 g/mol. The standard InChI is InChI=1S/C19H21NO4/c1-13-6-9-17(12-14(13)2)24-16-10-7-15(8-11-16)20-18(21)4-3-5-19(22)23/h6-12H,3-5H2,1-2H3,(H,20,21)(H,22,23). The zero-order chi connectivity index (χ0) is 17.5. The molecule has 2 rings (SSSR count). The molecule has 0 bridgehead atoms. The molecular formula is C19H21NO4. The van der Waals surface area contributed by atoms with Crippen molar-refractivity contribution in [3.8, 4) is 11.5 Å². The summed E-state index contributed by atoms with van der Waals surface area (Å²) in [5.74, 6) is 0.361. The Morgan fingerprint density at radius 2 is 1.62 bits per heavy atom. The number of aliphatic carboxylic acids is 1. The molecular weight excluding hydrogens is 306 g/mol. The number of carbonyl (C=O) groups excluding carboxylic acids is 1. The molecule has 5 nitrogen and oxygen atoms in total. The highest BCUT2D eigenvalue weighted by molar-refractivity contribution is 5.90. The predicted molar refractivity (Wildman–Crippen MR) is 92.5 cm³/mol. The van der Waals surface area contributed by atoms with Gasteiger partial charge in [0, 0.05) is 18.5 Å². The molecule has 0 radical (unpaired) electrons. The van der Waals surface area contributed by atoms with E-state index in [1.807, 2.05) is 32.0 Å². The van der Waals surface area contributed by atoms with E-state index in [2.05, 4.69) is 5.32 Å². The van der Waals surface area contributed by atoms with Crippen molar-refractivity contribution in [3.05, 3.63) is 53.6 Å². The molecule has 2 aromatic rings. The van der Waals surface area contributed by atoms with E-state index in [1.165, 1.54) is 5.56 Å². The van der Waals surface area contributed by atoms with Gasteiger partial charge in [-0.15, -0.1) is 0 Å². The van der Waals surface area contributed by atoms with Gasteiger partial charge in [0.2, 0.25) is 5.91 Å². The highest BCUT2D eigenvalue weighted by atomic mass is 16.5. The second-order valence-corrected chi connectivity index (χ2v) is 5.67. The Labute approximate surface area is 141 Å². The molecule has 0 fully saturated rings. The van der Waals surface area contributed by atoms with Crippen molar-refractivity contribution in [1.82, 2.24) is 0 Å². The maximum Gasteiger partial charge on any atom is 0.303 e. The average molecular weight is 327 g/mol. The zero-order valence-electron chi connectivity index (χ0n) is 13.8. The second-order valence-electron chi connectivity index (χ2n) is 5.67. The number of carboxylic acids is 1. The lowest BCUT2D eigenvalue weighted by molar-refractivity contribution is -0.137. The van der Waals surface area contributed by atoms with Crippen molar-refractivity contribution in [2.24, 2.45) is 0 Å². The number of benzene rings is 2. The van der Waals surface area contributed by atoms with E-state index < -0.39 is 5.97 Å². The van der Waals surface area contributed by atoms with Gasteiger partial charge in [-0.1, -0.05) is 6.07 Å². The summed E-state index contributed by atoms with van der Waals surface area (Å²) in [6.07, 6.45) is 0.512. The van der Waals surface area contributed by atoms with Crippen LogP contribution in [-0.2, 0) is 9.59 Å². The highest BCUT2D eigenvalue weighted by Crippen LogP contribution is 2.25. The molecule has 0 atom stereocenters. The number of aryl methyl sites for hydroxylation is 2. The normalized spacial score (nSPS) is 10.2. The van der Waals surface area contributed by atoms with Gasteiger partial charge in [0.05, 0.1) is 0 Å². The Kier molecular flexibility index (Phi) is 5.95. The molecule has 24 heavy (non-hydrogen) atoms. The quantitative estimate of drug-likeness (QED) is 0.795. The lowest BCUT2D eigenvalue weighted by Gasteiger charge is -2.09. The summed E-state index contributed by atoms with van der Waals surface area (Å²) in [6.45, 7) is 4.08. The molecule has 126 valence electrons. The fourth-order valence-electron chi connectivity index (χ4n) is 2.14. The number of carbonyl (C=O) groups is 2. The van der Waals surface area contributed by atoms with Crippen LogP contribution in [0.25, 0.3) is 0 Å². The summed E-state index contributed by atoms with van der Waals surface area (Å²) in [5.41, 5.74) is 3.03. The number of nitrogens with one attached hydrogen (secondary N) is 1. The molecule has 0 aromatic heterocycles. The smallest absolute Gasteiger partial charge is 0.303 e. The Hall–Kier alpha value is -2.82. The van der Waals surface area contributed by atoms with Crippen LogP contribution in [0.1, 0.15) is 30.4 Å². The van der Waals surface area contributed by atoms with Crippen LogP contribution in [0.2, 0.25) is 0 Å². The van der Waals surface area contributed by atoms with Gasteiger partial charge >= 0.3 is 5.97 Å². The van der Waals surface area contributed by atoms with Crippen molar-refractivity contribution in [3.63, 3.8) is 0 Å². The molecule has 2 N–H and O–H groups in total. The minimum atomic E-state index is -0.893. The van der Waals surface area contributed by atoms with Crippen LogP contribution in [0, 0.1) is 13.8 Å². The molecule has 0 unspecified atom stereocenters. The average Bonchev–Trinajstić information content (AvgIpc) is 2.52. The Bertz CT molecular complexity index is 723. The number of rotatable bonds is 7. The number of carboxylic acid groups (broad SMARTS) is 1. The lowest BCUT2D eigenvalue weighted by Crippen LogP contribution is -2.11. The largest absolute Gasteiger partial charge is 0.481 e. The first-order valence-corrected chi connectivity index (χ1v) is 7.81. The fourth-order valence-corrected chi connectivity index (χ4v) is 2.14. The molecule has 0 spiro atoms. The Morgan fingerprint density at radius 1 is 0.958 bits per heavy atom. The van der Waals surface area contributed by atoms with Gasteiger partial charge in [-0.2, -0.15) is 0 Å². The topological polar surface area (TPSA) is 75.6 Å². The van der Waals surface area contributed by atoms with Gasteiger partial charge < -0.3 is 15.2 Å². The third-order valence-electron chi connectivity index (χ3n) is 3.65. The molecule has 0 saturated carbocycles. The van der Waals surface area contributed by atoms with Crippen LogP contribution in [0.3, 0.4) is 0 Å². The SMILES string of the molecule is Cc1ccc(Oc2ccc(NC(=O)CCCC(=O)O)cc2)cc1C. The maximum absolute atomic E-state index is 11.7. The van der Waals surface area contributed by atoms with E-state index in [9.17, 15) is 9.59 Å². The number of hydrogen-bond donors (Lipinski definition) is 2. The first-order valence-electron chi connectivity index (χ1n) is 7.81. The minimum absolute atomic E-state index is 0.00381. The maximum atomic E-state index is 11.7. The van der Waals surface area contributed by atoms with E-state index in [0.717, 1.165) is 11.3 Å². The van der Waals surface area contributed by atoms with Crippen molar-refractivity contribution >= 4 is 17.6 Å². The lowest BCUT2D eigenvalue weighted by atomic mass is 10.1. The van der Waals surface area contributed by atoms with Gasteiger partial charge in [0.1, 0.15) is 11.5 Å². The number of amides is 1. The van der Waals surface area contributed by atoms with E-state index >= 15 is 0 Å². The summed E-state index contributed by atoms with van der Waals surface area (Å²) in [6, 6.07) is 13.0. The predicted octanol–water partition coefficient (Wildman–Crippen LogP) is 4.29. The number of anilines is 1. The second kappa shape index (κ2) is 8.15. The van der Waals surface area contributed by atoms with Crippen LogP contribution in [0.15, 0.2) is 42.5 Å². The number of ether oxygens (including phenoxy) is 1. The van der Waals surface area contributed by atoms with Crippen molar-refractivity contribution in [2.45, 2.75) is 33.1 Å². The summed E-state index contributed by atoms with van der Waals surface area (Å²) in [7, 11) is 0. The summed E-state index contributed by atoms with van der Waals surface area (Å²) in [4.78, 5) is 22.1. The molecule has 0 aliphatic rings. The summed E-state index contributed by atoms with van der Waals surface area (Å²) in [5, 5.41) is 11.3. The van der Waals surface area contributed by atoms with E-state index in [-0.39, 0.29) is 18.7 Å². The zero-order valence-corrected chi connectivity index (χ0v) is 13.8. The van der Waals surface area contributed by atoms with Gasteiger partial charge in [-0.3, -0.25) is 9.59 Å². The van der Waals surface area contributed by atoms with Gasteiger partial charge in [-0.25, -0.2) is 0 Å². The molecule has 0 saturated heterocycles. The number of hydrogen-bond acceptors (Lipinski definition) is 3. The molecule has 5 heteroatoms. The van der Waals surface area contributed by atoms with Crippen LogP contribution < -0.4 is 10.1 Å². The summed E-state index contributed by atoms with van der Waals surface area (Å²) >= 11 is 0. The first kappa shape index (κ1) is 17.5. The van der Waals surface area contributed by atoms with Crippen LogP contribution >= 0.6 is 0 Å². The highest BCUT2D eigenvalue weighted by Gasteiger charge is 2.05. The van der Waals surface area contributed by atoms with Gasteiger partial charge in [0.15, 0.2) is 0 Å². The van der Waals surface area contributed by atoms with Crippen LogP contribution in [-0.4, -0.2) is 17.0 Å². The third-order valence-corrected chi connectivity index (χ3v) is 3.65. The minimum Gasteiger partial charge on any atom is -0.481 e.